The second-order valence-corrected chi connectivity index (χ2v) is 6.05. The molecule has 0 saturated heterocycles. The van der Waals surface area contributed by atoms with Crippen LogP contribution in [0.2, 0.25) is 0 Å². The second kappa shape index (κ2) is 7.13. The number of rotatable bonds is 6. The van der Waals surface area contributed by atoms with Crippen LogP contribution in [-0.2, 0) is 10.8 Å². The lowest BCUT2D eigenvalue weighted by Gasteiger charge is -2.16. The van der Waals surface area contributed by atoms with E-state index in [0.29, 0.717) is 17.0 Å². The average molecular weight is 283 g/mol. The Kier molecular flexibility index (Phi) is 5.82. The van der Waals surface area contributed by atoms with E-state index in [1.807, 2.05) is 6.92 Å². The first-order chi connectivity index (χ1) is 8.93. The Balaban J connectivity index is 2.69. The maximum atomic E-state index is 11.5. The van der Waals surface area contributed by atoms with Gasteiger partial charge in [0.2, 0.25) is 0 Å². The predicted molar refractivity (Wildman–Crippen MR) is 80.9 cm³/mol. The molecule has 1 aromatic carbocycles. The molecule has 2 atom stereocenters. The molecule has 6 heteroatoms. The lowest BCUT2D eigenvalue weighted by Crippen LogP contribution is -2.20. The third-order valence-electron chi connectivity index (χ3n) is 2.78. The molecule has 0 spiro atoms. The van der Waals surface area contributed by atoms with E-state index in [1.54, 1.807) is 31.5 Å². The van der Waals surface area contributed by atoms with Gasteiger partial charge in [0.15, 0.2) is 0 Å². The molecule has 0 aliphatic heterocycles. The van der Waals surface area contributed by atoms with Crippen LogP contribution in [0.4, 0.5) is 11.4 Å². The maximum Gasteiger partial charge on any atom is 0.251 e. The number of hydrogen-bond acceptors (Lipinski definition) is 4. The molecule has 5 nitrogen and oxygen atoms in total. The van der Waals surface area contributed by atoms with Gasteiger partial charge in [-0.3, -0.25) is 9.00 Å². The Morgan fingerprint density at radius 3 is 2.68 bits per heavy atom. The Bertz CT molecular complexity index is 477. The quantitative estimate of drug-likeness (QED) is 0.685. The lowest BCUT2D eigenvalue weighted by molar-refractivity contribution is 0.0963. The third kappa shape index (κ3) is 4.90. The van der Waals surface area contributed by atoms with Gasteiger partial charge in [-0.25, -0.2) is 0 Å². The third-order valence-corrected chi connectivity index (χ3v) is 3.59. The Labute approximate surface area is 116 Å². The van der Waals surface area contributed by atoms with Crippen molar-refractivity contribution in [2.24, 2.45) is 0 Å². The molecular weight excluding hydrogens is 262 g/mol. The molecule has 0 aromatic heterocycles. The molecule has 2 unspecified atom stereocenters. The number of nitrogens with two attached hydrogens (primary N) is 1. The Morgan fingerprint density at radius 1 is 1.47 bits per heavy atom. The number of nitrogens with one attached hydrogen (secondary N) is 2. The van der Waals surface area contributed by atoms with E-state index < -0.39 is 10.8 Å². The summed E-state index contributed by atoms with van der Waals surface area (Å²) in [5, 5.41) is 5.81. The zero-order valence-electron chi connectivity index (χ0n) is 11.5. The molecule has 0 heterocycles. The highest BCUT2D eigenvalue weighted by atomic mass is 32.2. The number of nitrogen functional groups attached to an aromatic ring is 1. The monoisotopic (exact) mass is 283 g/mol. The smallest absolute Gasteiger partial charge is 0.251 e. The van der Waals surface area contributed by atoms with Crippen LogP contribution < -0.4 is 16.4 Å². The minimum absolute atomic E-state index is 0.160. The molecule has 19 heavy (non-hydrogen) atoms. The van der Waals surface area contributed by atoms with E-state index in [0.717, 1.165) is 12.1 Å². The van der Waals surface area contributed by atoms with Crippen LogP contribution in [0.25, 0.3) is 0 Å². The van der Waals surface area contributed by atoms with E-state index in [9.17, 15) is 9.00 Å². The normalized spacial score (nSPS) is 13.6. The fourth-order valence-electron chi connectivity index (χ4n) is 1.66. The molecule has 1 rings (SSSR count). The number of anilines is 2. The van der Waals surface area contributed by atoms with E-state index in [-0.39, 0.29) is 11.9 Å². The topological polar surface area (TPSA) is 84.2 Å². The van der Waals surface area contributed by atoms with Gasteiger partial charge in [0, 0.05) is 41.5 Å². The molecule has 0 fully saturated rings. The molecule has 4 N–H and O–H groups in total. The number of amides is 1. The van der Waals surface area contributed by atoms with E-state index in [2.05, 4.69) is 10.6 Å². The Morgan fingerprint density at radius 2 is 2.16 bits per heavy atom. The van der Waals surface area contributed by atoms with Crippen molar-refractivity contribution in [3.05, 3.63) is 23.8 Å². The lowest BCUT2D eigenvalue weighted by atomic mass is 10.1. The van der Waals surface area contributed by atoms with Crippen molar-refractivity contribution in [3.63, 3.8) is 0 Å². The summed E-state index contributed by atoms with van der Waals surface area (Å²) >= 11 is 0. The summed E-state index contributed by atoms with van der Waals surface area (Å²) in [6.07, 6.45) is 2.50. The summed E-state index contributed by atoms with van der Waals surface area (Å²) in [4.78, 5) is 11.5. The summed E-state index contributed by atoms with van der Waals surface area (Å²) in [6, 6.07) is 5.34. The van der Waals surface area contributed by atoms with Gasteiger partial charge in [-0.1, -0.05) is 0 Å². The van der Waals surface area contributed by atoms with Crippen molar-refractivity contribution in [2.75, 3.05) is 30.1 Å². The number of carbonyl (C=O) groups is 1. The van der Waals surface area contributed by atoms with Crippen LogP contribution in [0, 0.1) is 0 Å². The van der Waals surface area contributed by atoms with Crippen molar-refractivity contribution in [2.45, 2.75) is 19.4 Å². The minimum atomic E-state index is -0.785. The van der Waals surface area contributed by atoms with Crippen LogP contribution in [0.5, 0.6) is 0 Å². The molecule has 1 aromatic rings. The summed E-state index contributed by atoms with van der Waals surface area (Å²) in [6.45, 7) is 2.01. The second-order valence-electron chi connectivity index (χ2n) is 4.49. The zero-order chi connectivity index (χ0) is 14.4. The molecular formula is C13H21N3O2S. The molecule has 0 bridgehead atoms. The van der Waals surface area contributed by atoms with Gasteiger partial charge < -0.3 is 16.4 Å². The van der Waals surface area contributed by atoms with Crippen molar-refractivity contribution < 1.29 is 9.00 Å². The van der Waals surface area contributed by atoms with Gasteiger partial charge in [-0.2, -0.15) is 0 Å². The van der Waals surface area contributed by atoms with Crippen molar-refractivity contribution in [1.82, 2.24) is 5.32 Å². The first-order valence-corrected chi connectivity index (χ1v) is 7.85. The van der Waals surface area contributed by atoms with E-state index in [4.69, 9.17) is 5.73 Å². The van der Waals surface area contributed by atoms with Crippen LogP contribution in [-0.4, -0.2) is 35.2 Å². The van der Waals surface area contributed by atoms with Crippen molar-refractivity contribution in [3.8, 4) is 0 Å². The van der Waals surface area contributed by atoms with Crippen LogP contribution in [0.15, 0.2) is 18.2 Å². The highest BCUT2D eigenvalue weighted by molar-refractivity contribution is 7.84. The number of benzene rings is 1. The highest BCUT2D eigenvalue weighted by Gasteiger charge is 2.09. The first-order valence-electron chi connectivity index (χ1n) is 6.12. The standard InChI is InChI=1S/C13H21N3O2S/c1-9(6-7-19(3)18)16-12-5-4-10(8-11(12)14)13(17)15-2/h4-5,8-9,16H,6-7,14H2,1-3H3,(H,15,17). The molecule has 0 radical (unpaired) electrons. The summed E-state index contributed by atoms with van der Waals surface area (Å²) < 4.78 is 11.0. The van der Waals surface area contributed by atoms with Gasteiger partial charge in [-0.05, 0) is 31.5 Å². The molecule has 106 valence electrons. The maximum absolute atomic E-state index is 11.5. The molecule has 0 aliphatic rings. The fraction of sp³-hybridized carbons (Fsp3) is 0.462. The summed E-state index contributed by atoms with van der Waals surface area (Å²) in [5.74, 6) is 0.498. The number of carbonyl (C=O) groups excluding carboxylic acids is 1. The SMILES string of the molecule is CNC(=O)c1ccc(NC(C)CCS(C)=O)c(N)c1. The average Bonchev–Trinajstić information content (AvgIpc) is 2.37. The Hall–Kier alpha value is -1.56. The molecule has 1 amide bonds. The van der Waals surface area contributed by atoms with E-state index >= 15 is 0 Å². The highest BCUT2D eigenvalue weighted by Crippen LogP contribution is 2.21. The van der Waals surface area contributed by atoms with Crippen LogP contribution in [0.3, 0.4) is 0 Å². The van der Waals surface area contributed by atoms with Crippen molar-refractivity contribution >= 4 is 28.1 Å². The zero-order valence-corrected chi connectivity index (χ0v) is 12.3. The summed E-state index contributed by atoms with van der Waals surface area (Å²) in [7, 11) is 0.796. The predicted octanol–water partition coefficient (Wildman–Crippen LogP) is 1.20. The largest absolute Gasteiger partial charge is 0.397 e. The number of hydrogen-bond donors (Lipinski definition) is 3. The molecule has 0 aliphatic carbocycles. The fourth-order valence-corrected chi connectivity index (χ4v) is 2.35. The van der Waals surface area contributed by atoms with Crippen molar-refractivity contribution in [1.29, 1.82) is 0 Å². The van der Waals surface area contributed by atoms with Gasteiger partial charge in [0.25, 0.3) is 5.91 Å². The van der Waals surface area contributed by atoms with Gasteiger partial charge in [0.1, 0.15) is 0 Å². The van der Waals surface area contributed by atoms with Gasteiger partial charge in [-0.15, -0.1) is 0 Å². The summed E-state index contributed by atoms with van der Waals surface area (Å²) in [5.41, 5.74) is 7.78. The minimum Gasteiger partial charge on any atom is -0.397 e. The van der Waals surface area contributed by atoms with Crippen LogP contribution >= 0.6 is 0 Å². The first kappa shape index (κ1) is 15.5. The van der Waals surface area contributed by atoms with Crippen LogP contribution in [0.1, 0.15) is 23.7 Å². The molecule has 0 saturated carbocycles. The van der Waals surface area contributed by atoms with Gasteiger partial charge >= 0.3 is 0 Å². The van der Waals surface area contributed by atoms with E-state index in [1.165, 1.54) is 0 Å². The van der Waals surface area contributed by atoms with Gasteiger partial charge in [0.05, 0.1) is 11.4 Å².